The molecule has 2 saturated heterocycles. The second-order valence-electron chi connectivity index (χ2n) is 6.63. The molecule has 0 N–H and O–H groups in total. The molecule has 21 heavy (non-hydrogen) atoms. The molecule has 3 aliphatic rings. The van der Waals surface area contributed by atoms with Crippen molar-refractivity contribution in [3.8, 4) is 0 Å². The third kappa shape index (κ3) is 2.60. The van der Waals surface area contributed by atoms with E-state index in [9.17, 15) is 0 Å². The molecule has 2 atom stereocenters. The number of benzene rings is 1. The van der Waals surface area contributed by atoms with Crippen LogP contribution in [-0.2, 0) is 6.54 Å². The van der Waals surface area contributed by atoms with E-state index < -0.39 is 0 Å². The van der Waals surface area contributed by atoms with Gasteiger partial charge in [-0.1, -0.05) is 35.9 Å². The molecular weight excluding hydrogens is 274 g/mol. The first-order valence-corrected chi connectivity index (χ1v) is 9.15. The minimum absolute atomic E-state index is 0.782. The van der Waals surface area contributed by atoms with Crippen LogP contribution in [0.2, 0.25) is 0 Å². The number of hydrogen-bond donors (Lipinski definition) is 0. The first-order chi connectivity index (χ1) is 10.3. The van der Waals surface area contributed by atoms with Crippen LogP contribution < -0.4 is 0 Å². The van der Waals surface area contributed by atoms with E-state index in [0.29, 0.717) is 0 Å². The van der Waals surface area contributed by atoms with Crippen molar-refractivity contribution in [1.82, 2.24) is 4.90 Å². The summed E-state index contributed by atoms with van der Waals surface area (Å²) in [7, 11) is 0. The van der Waals surface area contributed by atoms with Crippen LogP contribution >= 0.6 is 11.8 Å². The summed E-state index contributed by atoms with van der Waals surface area (Å²) in [5.41, 5.74) is 6.34. The van der Waals surface area contributed by atoms with E-state index >= 15 is 0 Å². The summed E-state index contributed by atoms with van der Waals surface area (Å²) in [4.78, 5) is 2.79. The standard InChI is InChI=1S/C19H23NS/c1-14-4-2-3-5-15(14)12-20-18-6-7-19(20)11-17(10-18)16-8-9-21-13-16/h2-5,8-9,18-19H,6-7,10-13H2,1H3. The highest BCUT2D eigenvalue weighted by molar-refractivity contribution is 8.02. The van der Waals surface area contributed by atoms with E-state index in [4.69, 9.17) is 0 Å². The van der Waals surface area contributed by atoms with E-state index in [1.807, 2.05) is 11.8 Å². The van der Waals surface area contributed by atoms with Crippen LogP contribution in [0.25, 0.3) is 0 Å². The molecule has 0 spiro atoms. The Labute approximate surface area is 132 Å². The van der Waals surface area contributed by atoms with Gasteiger partial charge in [0.1, 0.15) is 0 Å². The molecule has 0 aromatic heterocycles. The van der Waals surface area contributed by atoms with Crippen LogP contribution in [0.1, 0.15) is 36.8 Å². The molecule has 0 radical (unpaired) electrons. The van der Waals surface area contributed by atoms with Crippen LogP contribution in [0, 0.1) is 6.92 Å². The predicted molar refractivity (Wildman–Crippen MR) is 91.4 cm³/mol. The summed E-state index contributed by atoms with van der Waals surface area (Å²) < 4.78 is 0. The summed E-state index contributed by atoms with van der Waals surface area (Å²) in [5, 5.41) is 2.27. The van der Waals surface area contributed by atoms with Crippen LogP contribution in [0.4, 0.5) is 0 Å². The maximum atomic E-state index is 2.79. The Hall–Kier alpha value is -0.990. The Morgan fingerprint density at radius 3 is 2.57 bits per heavy atom. The second kappa shape index (κ2) is 5.66. The average Bonchev–Trinajstić information content (AvgIpc) is 3.09. The Kier molecular flexibility index (Phi) is 3.68. The Bertz CT molecular complexity index is 585. The number of fused-ring (bicyclic) bond motifs is 2. The van der Waals surface area contributed by atoms with Crippen molar-refractivity contribution in [3.05, 3.63) is 58.0 Å². The van der Waals surface area contributed by atoms with Gasteiger partial charge in [-0.3, -0.25) is 4.90 Å². The van der Waals surface area contributed by atoms with Crippen molar-refractivity contribution in [2.24, 2.45) is 0 Å². The Morgan fingerprint density at radius 1 is 1.14 bits per heavy atom. The lowest BCUT2D eigenvalue weighted by Crippen LogP contribution is -2.40. The van der Waals surface area contributed by atoms with E-state index in [0.717, 1.165) is 18.6 Å². The summed E-state index contributed by atoms with van der Waals surface area (Å²) in [6.07, 6.45) is 7.76. The molecule has 1 nitrogen and oxygen atoms in total. The third-order valence-electron chi connectivity index (χ3n) is 5.41. The smallest absolute Gasteiger partial charge is 0.0242 e. The zero-order valence-electron chi connectivity index (χ0n) is 12.7. The van der Waals surface area contributed by atoms with Gasteiger partial charge in [0.25, 0.3) is 0 Å². The fraction of sp³-hybridized carbons (Fsp3) is 0.474. The molecule has 0 aliphatic carbocycles. The first-order valence-electron chi connectivity index (χ1n) is 8.10. The van der Waals surface area contributed by atoms with E-state index in [-0.39, 0.29) is 0 Å². The lowest BCUT2D eigenvalue weighted by atomic mass is 9.92. The molecule has 1 aromatic carbocycles. The van der Waals surface area contributed by atoms with Gasteiger partial charge in [-0.2, -0.15) is 0 Å². The molecule has 2 heteroatoms. The monoisotopic (exact) mass is 297 g/mol. The van der Waals surface area contributed by atoms with Crippen LogP contribution in [0.5, 0.6) is 0 Å². The highest BCUT2D eigenvalue weighted by Crippen LogP contribution is 2.42. The minimum atomic E-state index is 0.782. The fourth-order valence-electron chi connectivity index (χ4n) is 4.15. The van der Waals surface area contributed by atoms with Crippen molar-refractivity contribution < 1.29 is 0 Å². The summed E-state index contributed by atoms with van der Waals surface area (Å²) in [6, 6.07) is 10.4. The molecular formula is C19H23NS. The highest BCUT2D eigenvalue weighted by atomic mass is 32.2. The summed E-state index contributed by atoms with van der Waals surface area (Å²) in [6.45, 7) is 3.39. The molecule has 1 aromatic rings. The number of allylic oxidation sites excluding steroid dienone is 1. The number of rotatable bonds is 2. The van der Waals surface area contributed by atoms with E-state index in [1.165, 1.54) is 42.6 Å². The summed E-state index contributed by atoms with van der Waals surface area (Å²) in [5.74, 6) is 1.21. The largest absolute Gasteiger partial charge is 0.293 e. The maximum absolute atomic E-state index is 2.79. The lowest BCUT2D eigenvalue weighted by Gasteiger charge is -2.37. The van der Waals surface area contributed by atoms with Crippen molar-refractivity contribution in [3.63, 3.8) is 0 Å². The quantitative estimate of drug-likeness (QED) is 0.780. The number of aryl methyl sites for hydroxylation is 1. The van der Waals surface area contributed by atoms with Gasteiger partial charge in [-0.05, 0) is 54.7 Å². The number of hydrogen-bond acceptors (Lipinski definition) is 2. The van der Waals surface area contributed by atoms with E-state index in [2.05, 4.69) is 47.6 Å². The molecule has 0 amide bonds. The molecule has 4 rings (SSSR count). The molecule has 0 saturated carbocycles. The fourth-order valence-corrected chi connectivity index (χ4v) is 4.98. The van der Waals surface area contributed by atoms with Gasteiger partial charge in [0, 0.05) is 24.4 Å². The SMILES string of the molecule is Cc1ccccc1CN1C2CCC1CC(=C1C=CSC1)C2. The minimum Gasteiger partial charge on any atom is -0.293 e. The van der Waals surface area contributed by atoms with Crippen molar-refractivity contribution in [2.45, 2.75) is 51.2 Å². The molecule has 3 heterocycles. The van der Waals surface area contributed by atoms with E-state index in [1.54, 1.807) is 11.1 Å². The van der Waals surface area contributed by atoms with Crippen molar-refractivity contribution in [2.75, 3.05) is 5.75 Å². The van der Waals surface area contributed by atoms with Crippen LogP contribution in [0.15, 0.2) is 46.9 Å². The van der Waals surface area contributed by atoms with Gasteiger partial charge in [-0.25, -0.2) is 0 Å². The normalized spacial score (nSPS) is 28.6. The predicted octanol–water partition coefficient (Wildman–Crippen LogP) is 4.68. The lowest BCUT2D eigenvalue weighted by molar-refractivity contribution is 0.156. The van der Waals surface area contributed by atoms with Gasteiger partial charge in [0.2, 0.25) is 0 Å². The third-order valence-corrected chi connectivity index (χ3v) is 6.21. The zero-order valence-corrected chi connectivity index (χ0v) is 13.5. The van der Waals surface area contributed by atoms with Gasteiger partial charge < -0.3 is 0 Å². The molecule has 2 fully saturated rings. The first kappa shape index (κ1) is 13.7. The van der Waals surface area contributed by atoms with Crippen molar-refractivity contribution in [1.29, 1.82) is 0 Å². The van der Waals surface area contributed by atoms with Crippen LogP contribution in [-0.4, -0.2) is 22.7 Å². The molecule has 2 bridgehead atoms. The highest BCUT2D eigenvalue weighted by Gasteiger charge is 2.39. The van der Waals surface area contributed by atoms with Gasteiger partial charge in [-0.15, -0.1) is 11.8 Å². The van der Waals surface area contributed by atoms with Crippen LogP contribution in [0.3, 0.4) is 0 Å². The molecule has 2 unspecified atom stereocenters. The Morgan fingerprint density at radius 2 is 1.90 bits per heavy atom. The Balaban J connectivity index is 1.54. The average molecular weight is 297 g/mol. The summed E-state index contributed by atoms with van der Waals surface area (Å²) >= 11 is 1.95. The number of thioether (sulfide) groups is 1. The molecule has 3 aliphatic heterocycles. The second-order valence-corrected chi connectivity index (χ2v) is 7.53. The zero-order chi connectivity index (χ0) is 14.2. The number of piperidine rings is 1. The number of nitrogens with zero attached hydrogens (tertiary/aromatic N) is 1. The van der Waals surface area contributed by atoms with Gasteiger partial charge in [0.05, 0.1) is 0 Å². The topological polar surface area (TPSA) is 3.24 Å². The maximum Gasteiger partial charge on any atom is 0.0242 e. The van der Waals surface area contributed by atoms with Gasteiger partial charge in [0.15, 0.2) is 0 Å². The van der Waals surface area contributed by atoms with Crippen molar-refractivity contribution >= 4 is 11.8 Å². The van der Waals surface area contributed by atoms with Gasteiger partial charge >= 0.3 is 0 Å². The molecule has 110 valence electrons.